The SMILES string of the molecule is CNC1COCC1C(=O)Cc1cc(Br)cs1. The largest absolute Gasteiger partial charge is 0.379 e. The number of ether oxygens (including phenoxy) is 1. The maximum atomic E-state index is 12.1. The first-order valence-electron chi connectivity index (χ1n) is 5.21. The smallest absolute Gasteiger partial charge is 0.145 e. The number of thiophene rings is 1. The van der Waals surface area contributed by atoms with Crippen molar-refractivity contribution in [2.75, 3.05) is 20.3 Å². The molecule has 0 amide bonds. The van der Waals surface area contributed by atoms with Gasteiger partial charge in [-0.05, 0) is 29.0 Å². The summed E-state index contributed by atoms with van der Waals surface area (Å²) in [5.74, 6) is 0.275. The Labute approximate surface area is 107 Å². The van der Waals surface area contributed by atoms with Crippen molar-refractivity contribution in [2.24, 2.45) is 5.92 Å². The Hall–Kier alpha value is -0.230. The van der Waals surface area contributed by atoms with Crippen molar-refractivity contribution < 1.29 is 9.53 Å². The summed E-state index contributed by atoms with van der Waals surface area (Å²) in [6.07, 6.45) is 0.516. The zero-order chi connectivity index (χ0) is 11.5. The lowest BCUT2D eigenvalue weighted by Crippen LogP contribution is -2.37. The summed E-state index contributed by atoms with van der Waals surface area (Å²) >= 11 is 5.01. The minimum absolute atomic E-state index is 0.00544. The Bertz CT molecular complexity index is 380. The van der Waals surface area contributed by atoms with Gasteiger partial charge >= 0.3 is 0 Å². The van der Waals surface area contributed by atoms with Gasteiger partial charge < -0.3 is 10.1 Å². The number of ketones is 1. The number of rotatable bonds is 4. The topological polar surface area (TPSA) is 38.3 Å². The third-order valence-corrected chi connectivity index (χ3v) is 4.53. The van der Waals surface area contributed by atoms with E-state index in [4.69, 9.17) is 4.74 Å². The highest BCUT2D eigenvalue weighted by Gasteiger charge is 2.32. The summed E-state index contributed by atoms with van der Waals surface area (Å²) < 4.78 is 6.38. The quantitative estimate of drug-likeness (QED) is 0.923. The molecule has 2 rings (SSSR count). The number of hydrogen-bond donors (Lipinski definition) is 1. The van der Waals surface area contributed by atoms with Crippen LogP contribution < -0.4 is 5.32 Å². The van der Waals surface area contributed by atoms with E-state index in [0.717, 1.165) is 9.35 Å². The van der Waals surface area contributed by atoms with Crippen molar-refractivity contribution in [3.8, 4) is 0 Å². The summed E-state index contributed by atoms with van der Waals surface area (Å²) in [4.78, 5) is 13.2. The molecule has 0 aliphatic carbocycles. The normalized spacial score (nSPS) is 24.9. The summed E-state index contributed by atoms with van der Waals surface area (Å²) in [7, 11) is 1.88. The fourth-order valence-electron chi connectivity index (χ4n) is 1.91. The molecule has 16 heavy (non-hydrogen) atoms. The number of hydrogen-bond acceptors (Lipinski definition) is 4. The first-order chi connectivity index (χ1) is 7.70. The highest BCUT2D eigenvalue weighted by Crippen LogP contribution is 2.23. The van der Waals surface area contributed by atoms with Crippen LogP contribution in [0.4, 0.5) is 0 Å². The zero-order valence-electron chi connectivity index (χ0n) is 9.03. The van der Waals surface area contributed by atoms with E-state index in [-0.39, 0.29) is 17.7 Å². The molecule has 0 saturated carbocycles. The first kappa shape index (κ1) is 12.2. The van der Waals surface area contributed by atoms with E-state index < -0.39 is 0 Å². The van der Waals surface area contributed by atoms with Gasteiger partial charge in [0.1, 0.15) is 5.78 Å². The molecule has 1 saturated heterocycles. The Morgan fingerprint density at radius 1 is 1.69 bits per heavy atom. The molecule has 1 fully saturated rings. The van der Waals surface area contributed by atoms with Gasteiger partial charge in [0.2, 0.25) is 0 Å². The molecule has 88 valence electrons. The van der Waals surface area contributed by atoms with Crippen LogP contribution >= 0.6 is 27.3 Å². The average Bonchev–Trinajstić information content (AvgIpc) is 2.86. The van der Waals surface area contributed by atoms with Gasteiger partial charge in [-0.1, -0.05) is 0 Å². The van der Waals surface area contributed by atoms with Crippen molar-refractivity contribution in [3.63, 3.8) is 0 Å². The van der Waals surface area contributed by atoms with Crippen LogP contribution in [-0.4, -0.2) is 32.1 Å². The molecule has 0 radical (unpaired) electrons. The van der Waals surface area contributed by atoms with Crippen LogP contribution in [0.25, 0.3) is 0 Å². The molecular formula is C11H14BrNO2S. The predicted octanol–water partition coefficient (Wildman–Crippen LogP) is 1.86. The Balaban J connectivity index is 1.97. The third kappa shape index (κ3) is 2.71. The fourth-order valence-corrected chi connectivity index (χ4v) is 3.37. The maximum absolute atomic E-state index is 12.1. The van der Waals surface area contributed by atoms with Crippen molar-refractivity contribution in [2.45, 2.75) is 12.5 Å². The van der Waals surface area contributed by atoms with Gasteiger partial charge in [-0.15, -0.1) is 11.3 Å². The number of halogens is 1. The summed E-state index contributed by atoms with van der Waals surface area (Å²) in [5, 5.41) is 5.14. The number of carbonyl (C=O) groups excluding carboxylic acids is 1. The monoisotopic (exact) mass is 303 g/mol. The summed E-state index contributed by atoms with van der Waals surface area (Å²) in [6, 6.07) is 2.18. The zero-order valence-corrected chi connectivity index (χ0v) is 11.4. The molecule has 3 nitrogen and oxygen atoms in total. The summed E-state index contributed by atoms with van der Waals surface area (Å²) in [6.45, 7) is 1.19. The Morgan fingerprint density at radius 2 is 2.50 bits per heavy atom. The van der Waals surface area contributed by atoms with Crippen molar-refractivity contribution in [3.05, 3.63) is 20.8 Å². The van der Waals surface area contributed by atoms with Crippen LogP contribution in [0.5, 0.6) is 0 Å². The second-order valence-electron chi connectivity index (χ2n) is 3.91. The lowest BCUT2D eigenvalue weighted by atomic mass is 9.96. The fraction of sp³-hybridized carbons (Fsp3) is 0.545. The van der Waals surface area contributed by atoms with Crippen LogP contribution in [0, 0.1) is 5.92 Å². The van der Waals surface area contributed by atoms with Crippen molar-refractivity contribution in [1.82, 2.24) is 5.32 Å². The van der Waals surface area contributed by atoms with E-state index >= 15 is 0 Å². The number of Topliss-reactive ketones (excluding diaryl/α,β-unsaturated/α-hetero) is 1. The number of nitrogens with one attached hydrogen (secondary N) is 1. The second kappa shape index (κ2) is 5.40. The van der Waals surface area contributed by atoms with Gasteiger partial charge in [0, 0.05) is 27.2 Å². The molecule has 1 aromatic rings. The molecule has 2 heterocycles. The second-order valence-corrected chi connectivity index (χ2v) is 5.82. The minimum atomic E-state index is 0.00544. The highest BCUT2D eigenvalue weighted by atomic mass is 79.9. The highest BCUT2D eigenvalue weighted by molar-refractivity contribution is 9.10. The van der Waals surface area contributed by atoms with Gasteiger partial charge in [0.25, 0.3) is 0 Å². The lowest BCUT2D eigenvalue weighted by Gasteiger charge is -2.14. The number of likely N-dealkylation sites (N-methyl/N-ethyl adjacent to an activating group) is 1. The third-order valence-electron chi connectivity index (χ3n) is 2.84. The molecule has 1 aromatic heterocycles. The van der Waals surface area contributed by atoms with Crippen LogP contribution in [0.1, 0.15) is 4.88 Å². The molecule has 1 N–H and O–H groups in total. The molecule has 2 unspecified atom stereocenters. The van der Waals surface area contributed by atoms with Gasteiger partial charge in [-0.3, -0.25) is 4.79 Å². The Morgan fingerprint density at radius 3 is 3.12 bits per heavy atom. The standard InChI is InChI=1S/C11H14BrNO2S/c1-13-10-5-15-4-9(10)11(14)3-8-2-7(12)6-16-8/h2,6,9-10,13H,3-5H2,1H3. The molecule has 2 atom stereocenters. The molecular weight excluding hydrogens is 290 g/mol. The minimum Gasteiger partial charge on any atom is -0.379 e. The van der Waals surface area contributed by atoms with Crippen LogP contribution in [-0.2, 0) is 16.0 Å². The summed E-state index contributed by atoms with van der Waals surface area (Å²) in [5.41, 5.74) is 0. The molecule has 1 aliphatic rings. The van der Waals surface area contributed by atoms with Gasteiger partial charge in [0.05, 0.1) is 19.1 Å². The van der Waals surface area contributed by atoms with E-state index in [0.29, 0.717) is 19.6 Å². The predicted molar refractivity (Wildman–Crippen MR) is 67.9 cm³/mol. The lowest BCUT2D eigenvalue weighted by molar-refractivity contribution is -0.122. The van der Waals surface area contributed by atoms with Crippen LogP contribution in [0.3, 0.4) is 0 Å². The van der Waals surface area contributed by atoms with E-state index in [1.807, 2.05) is 18.5 Å². The molecule has 1 aliphatic heterocycles. The van der Waals surface area contributed by atoms with Crippen molar-refractivity contribution in [1.29, 1.82) is 0 Å². The van der Waals surface area contributed by atoms with Crippen LogP contribution in [0.2, 0.25) is 0 Å². The van der Waals surface area contributed by atoms with E-state index in [9.17, 15) is 4.79 Å². The molecule has 0 aromatic carbocycles. The van der Waals surface area contributed by atoms with Gasteiger partial charge in [-0.25, -0.2) is 0 Å². The first-order valence-corrected chi connectivity index (χ1v) is 6.88. The van der Waals surface area contributed by atoms with E-state index in [1.54, 1.807) is 11.3 Å². The van der Waals surface area contributed by atoms with Gasteiger partial charge in [0.15, 0.2) is 0 Å². The van der Waals surface area contributed by atoms with Crippen LogP contribution in [0.15, 0.2) is 15.9 Å². The van der Waals surface area contributed by atoms with E-state index in [2.05, 4.69) is 21.2 Å². The number of carbonyl (C=O) groups is 1. The van der Waals surface area contributed by atoms with E-state index in [1.165, 1.54) is 0 Å². The maximum Gasteiger partial charge on any atom is 0.145 e. The van der Waals surface area contributed by atoms with Gasteiger partial charge in [-0.2, -0.15) is 0 Å². The molecule has 5 heteroatoms. The molecule has 0 spiro atoms. The molecule has 0 bridgehead atoms. The van der Waals surface area contributed by atoms with Crippen molar-refractivity contribution >= 4 is 33.0 Å². The average molecular weight is 304 g/mol. The Kier molecular flexibility index (Phi) is 4.13.